The number of sulfonamides is 1. The highest BCUT2D eigenvalue weighted by Gasteiger charge is 2.32. The second-order valence-corrected chi connectivity index (χ2v) is 7.62. The van der Waals surface area contributed by atoms with E-state index in [2.05, 4.69) is 0 Å². The molecule has 5 nitrogen and oxygen atoms in total. The van der Waals surface area contributed by atoms with Crippen molar-refractivity contribution in [2.24, 2.45) is 0 Å². The maximum absolute atomic E-state index is 12.3. The summed E-state index contributed by atoms with van der Waals surface area (Å²) in [6.07, 6.45) is 2.88. The molecule has 1 rings (SSSR count). The van der Waals surface area contributed by atoms with Crippen LogP contribution in [-0.2, 0) is 14.8 Å². The lowest BCUT2D eigenvalue weighted by molar-refractivity contribution is 0.0895. The normalized spacial score (nSPS) is 23.7. The molecular weight excluding hydrogens is 266 g/mol. The molecule has 0 bridgehead atoms. The van der Waals surface area contributed by atoms with Crippen molar-refractivity contribution in [1.29, 1.82) is 0 Å². The Morgan fingerprint density at radius 3 is 2.58 bits per heavy atom. The van der Waals surface area contributed by atoms with E-state index in [9.17, 15) is 13.5 Å². The summed E-state index contributed by atoms with van der Waals surface area (Å²) in [6, 6.07) is -0.0576. The standard InChI is InChI=1S/C13H27NO4S/c1-11(2)18-8-9-19(16,17)14-7-5-4-6-13(14)10-12(3)15/h11-13,15H,4-10H2,1-3H3. The van der Waals surface area contributed by atoms with Gasteiger partial charge in [0.25, 0.3) is 0 Å². The first-order chi connectivity index (χ1) is 8.83. The third kappa shape index (κ3) is 5.77. The Bertz CT molecular complexity index is 354. The number of aliphatic hydroxyl groups excluding tert-OH is 1. The van der Waals surface area contributed by atoms with Gasteiger partial charge in [-0.15, -0.1) is 0 Å². The fourth-order valence-corrected chi connectivity index (χ4v) is 4.07. The topological polar surface area (TPSA) is 66.8 Å². The van der Waals surface area contributed by atoms with E-state index >= 15 is 0 Å². The maximum Gasteiger partial charge on any atom is 0.216 e. The molecule has 2 atom stereocenters. The van der Waals surface area contributed by atoms with E-state index in [0.29, 0.717) is 13.0 Å². The van der Waals surface area contributed by atoms with Gasteiger partial charge in [-0.1, -0.05) is 6.42 Å². The number of hydrogen-bond acceptors (Lipinski definition) is 4. The Labute approximate surface area is 117 Å². The van der Waals surface area contributed by atoms with Crippen LogP contribution in [0.4, 0.5) is 0 Å². The number of rotatable bonds is 7. The van der Waals surface area contributed by atoms with E-state index in [1.54, 1.807) is 11.2 Å². The maximum atomic E-state index is 12.3. The Morgan fingerprint density at radius 2 is 2.00 bits per heavy atom. The highest BCUT2D eigenvalue weighted by Crippen LogP contribution is 2.24. The number of ether oxygens (including phenoxy) is 1. The van der Waals surface area contributed by atoms with Crippen molar-refractivity contribution < 1.29 is 18.3 Å². The third-order valence-electron chi connectivity index (χ3n) is 3.34. The van der Waals surface area contributed by atoms with Crippen LogP contribution < -0.4 is 0 Å². The van der Waals surface area contributed by atoms with Crippen molar-refractivity contribution in [2.45, 2.75) is 64.7 Å². The van der Waals surface area contributed by atoms with Gasteiger partial charge in [-0.3, -0.25) is 0 Å². The predicted octanol–water partition coefficient (Wildman–Crippen LogP) is 1.37. The lowest BCUT2D eigenvalue weighted by Crippen LogP contribution is -2.46. The second-order valence-electron chi connectivity index (χ2n) is 5.58. The highest BCUT2D eigenvalue weighted by molar-refractivity contribution is 7.89. The van der Waals surface area contributed by atoms with Crippen molar-refractivity contribution in [3.8, 4) is 0 Å². The molecule has 0 saturated carbocycles. The summed E-state index contributed by atoms with van der Waals surface area (Å²) < 4.78 is 31.6. The third-order valence-corrected chi connectivity index (χ3v) is 5.21. The van der Waals surface area contributed by atoms with E-state index in [0.717, 1.165) is 19.3 Å². The summed E-state index contributed by atoms with van der Waals surface area (Å²) in [6.45, 7) is 6.30. The fourth-order valence-electron chi connectivity index (χ4n) is 2.48. The number of hydrogen-bond donors (Lipinski definition) is 1. The molecule has 1 heterocycles. The van der Waals surface area contributed by atoms with Gasteiger partial charge >= 0.3 is 0 Å². The summed E-state index contributed by atoms with van der Waals surface area (Å²) in [4.78, 5) is 0. The molecule has 1 aliphatic rings. The SMILES string of the molecule is CC(O)CC1CCCCN1S(=O)(=O)CCOC(C)C. The minimum atomic E-state index is -3.28. The average Bonchev–Trinajstić information content (AvgIpc) is 2.27. The summed E-state index contributed by atoms with van der Waals surface area (Å²) in [7, 11) is -3.28. The van der Waals surface area contributed by atoms with Gasteiger partial charge in [-0.05, 0) is 40.0 Å². The van der Waals surface area contributed by atoms with Gasteiger partial charge in [0.1, 0.15) is 0 Å². The zero-order chi connectivity index (χ0) is 14.5. The largest absolute Gasteiger partial charge is 0.393 e. The summed E-state index contributed by atoms with van der Waals surface area (Å²) in [5.74, 6) is 0.0293. The average molecular weight is 293 g/mol. The first kappa shape index (κ1) is 16.9. The summed E-state index contributed by atoms with van der Waals surface area (Å²) in [5, 5.41) is 9.49. The zero-order valence-electron chi connectivity index (χ0n) is 12.2. The van der Waals surface area contributed by atoms with Crippen LogP contribution in [0.1, 0.15) is 46.5 Å². The van der Waals surface area contributed by atoms with Gasteiger partial charge in [0.2, 0.25) is 10.0 Å². The predicted molar refractivity (Wildman–Crippen MR) is 75.5 cm³/mol. The smallest absolute Gasteiger partial charge is 0.216 e. The van der Waals surface area contributed by atoms with E-state index in [1.165, 1.54) is 0 Å². The summed E-state index contributed by atoms with van der Waals surface area (Å²) >= 11 is 0. The molecule has 0 aliphatic carbocycles. The molecule has 1 saturated heterocycles. The Balaban J connectivity index is 2.61. The molecule has 1 aliphatic heterocycles. The van der Waals surface area contributed by atoms with Gasteiger partial charge in [-0.2, -0.15) is 4.31 Å². The molecule has 6 heteroatoms. The van der Waals surface area contributed by atoms with Gasteiger partial charge in [0, 0.05) is 12.6 Å². The van der Waals surface area contributed by atoms with Crippen molar-refractivity contribution in [2.75, 3.05) is 18.9 Å². The van der Waals surface area contributed by atoms with Gasteiger partial charge in [0.15, 0.2) is 0 Å². The minimum Gasteiger partial charge on any atom is -0.393 e. The van der Waals surface area contributed by atoms with Crippen molar-refractivity contribution in [1.82, 2.24) is 4.31 Å². The lowest BCUT2D eigenvalue weighted by atomic mass is 10.00. The minimum absolute atomic E-state index is 0.0293. The van der Waals surface area contributed by atoms with Crippen LogP contribution in [0.25, 0.3) is 0 Å². The molecular formula is C13H27NO4S. The van der Waals surface area contributed by atoms with Gasteiger partial charge in [0.05, 0.1) is 24.6 Å². The highest BCUT2D eigenvalue weighted by atomic mass is 32.2. The molecule has 19 heavy (non-hydrogen) atoms. The quantitative estimate of drug-likeness (QED) is 0.770. The van der Waals surface area contributed by atoms with E-state index in [4.69, 9.17) is 4.74 Å². The fraction of sp³-hybridized carbons (Fsp3) is 1.00. The molecule has 1 N–H and O–H groups in total. The molecule has 0 spiro atoms. The van der Waals surface area contributed by atoms with Crippen molar-refractivity contribution in [3.05, 3.63) is 0 Å². The molecule has 0 radical (unpaired) electrons. The Hall–Kier alpha value is -0.170. The van der Waals surface area contributed by atoms with Crippen LogP contribution in [0.2, 0.25) is 0 Å². The molecule has 0 aromatic heterocycles. The number of piperidine rings is 1. The number of nitrogens with zero attached hydrogens (tertiary/aromatic N) is 1. The van der Waals surface area contributed by atoms with Crippen molar-refractivity contribution in [3.63, 3.8) is 0 Å². The molecule has 1 fully saturated rings. The molecule has 2 unspecified atom stereocenters. The van der Waals surface area contributed by atoms with Gasteiger partial charge < -0.3 is 9.84 Å². The van der Waals surface area contributed by atoms with Crippen LogP contribution in [0.5, 0.6) is 0 Å². The van der Waals surface area contributed by atoms with E-state index < -0.39 is 16.1 Å². The lowest BCUT2D eigenvalue weighted by Gasteiger charge is -2.35. The summed E-state index contributed by atoms with van der Waals surface area (Å²) in [5.41, 5.74) is 0. The molecule has 0 amide bonds. The Morgan fingerprint density at radius 1 is 1.32 bits per heavy atom. The zero-order valence-corrected chi connectivity index (χ0v) is 13.0. The van der Waals surface area contributed by atoms with E-state index in [-0.39, 0.29) is 24.5 Å². The van der Waals surface area contributed by atoms with Crippen LogP contribution in [0.3, 0.4) is 0 Å². The monoisotopic (exact) mass is 293 g/mol. The van der Waals surface area contributed by atoms with Crippen LogP contribution in [-0.4, -0.2) is 55.0 Å². The number of aliphatic hydroxyl groups is 1. The van der Waals surface area contributed by atoms with Crippen LogP contribution >= 0.6 is 0 Å². The van der Waals surface area contributed by atoms with Crippen molar-refractivity contribution >= 4 is 10.0 Å². The van der Waals surface area contributed by atoms with E-state index in [1.807, 2.05) is 13.8 Å². The first-order valence-electron chi connectivity index (χ1n) is 7.12. The first-order valence-corrected chi connectivity index (χ1v) is 8.73. The molecule has 114 valence electrons. The Kier molecular flexibility index (Phi) is 6.73. The van der Waals surface area contributed by atoms with Crippen LogP contribution in [0, 0.1) is 0 Å². The second kappa shape index (κ2) is 7.57. The van der Waals surface area contributed by atoms with Gasteiger partial charge in [-0.25, -0.2) is 8.42 Å². The molecule has 0 aromatic rings. The molecule has 0 aromatic carbocycles. The van der Waals surface area contributed by atoms with Crippen LogP contribution in [0.15, 0.2) is 0 Å².